The molecule has 0 spiro atoms. The number of carbonyl (C=O) groups excluding carboxylic acids is 1. The summed E-state index contributed by atoms with van der Waals surface area (Å²) in [5.41, 5.74) is 0.816. The van der Waals surface area contributed by atoms with Gasteiger partial charge in [0.2, 0.25) is 0 Å². The fourth-order valence-electron chi connectivity index (χ4n) is 1.47. The molecule has 0 saturated carbocycles. The van der Waals surface area contributed by atoms with E-state index in [-0.39, 0.29) is 11.9 Å². The minimum atomic E-state index is -0.419. The zero-order valence-electron chi connectivity index (χ0n) is 9.28. The first-order chi connectivity index (χ1) is 7.00. The van der Waals surface area contributed by atoms with Gasteiger partial charge in [-0.25, -0.2) is 0 Å². The number of aliphatic hydroxyl groups is 1. The molecular formula is C11H17NO3. The van der Waals surface area contributed by atoms with Crippen molar-refractivity contribution in [3.05, 3.63) is 23.7 Å². The Labute approximate surface area is 89.3 Å². The van der Waals surface area contributed by atoms with Crippen LogP contribution < -0.4 is 5.32 Å². The van der Waals surface area contributed by atoms with Crippen molar-refractivity contribution in [2.75, 3.05) is 0 Å². The van der Waals surface area contributed by atoms with Crippen molar-refractivity contribution in [1.29, 1.82) is 0 Å². The van der Waals surface area contributed by atoms with E-state index >= 15 is 0 Å². The molecule has 0 saturated heterocycles. The normalized spacial score (nSPS) is 14.7. The first-order valence-corrected chi connectivity index (χ1v) is 5.03. The summed E-state index contributed by atoms with van der Waals surface area (Å²) in [6.07, 6.45) is 1.60. The average Bonchev–Trinajstić information content (AvgIpc) is 2.49. The van der Waals surface area contributed by atoms with Gasteiger partial charge in [-0.3, -0.25) is 4.79 Å². The molecule has 0 aliphatic heterocycles. The van der Waals surface area contributed by atoms with Crippen LogP contribution in [0.2, 0.25) is 0 Å². The Balaban J connectivity index is 2.53. The van der Waals surface area contributed by atoms with Crippen molar-refractivity contribution in [2.45, 2.75) is 39.3 Å². The van der Waals surface area contributed by atoms with Gasteiger partial charge in [0, 0.05) is 11.6 Å². The Morgan fingerprint density at radius 3 is 2.73 bits per heavy atom. The van der Waals surface area contributed by atoms with E-state index in [1.54, 1.807) is 13.0 Å². The molecule has 2 N–H and O–H groups in total. The van der Waals surface area contributed by atoms with Gasteiger partial charge in [-0.15, -0.1) is 0 Å². The molecule has 1 heterocycles. The van der Waals surface area contributed by atoms with Crippen molar-refractivity contribution >= 4 is 5.91 Å². The Hall–Kier alpha value is -1.29. The van der Waals surface area contributed by atoms with E-state index in [9.17, 15) is 4.79 Å². The van der Waals surface area contributed by atoms with Crippen LogP contribution in [0.15, 0.2) is 16.7 Å². The summed E-state index contributed by atoms with van der Waals surface area (Å²) in [5, 5.41) is 11.9. The second kappa shape index (κ2) is 4.98. The maximum atomic E-state index is 11.6. The van der Waals surface area contributed by atoms with Gasteiger partial charge in [0.25, 0.3) is 5.91 Å². The highest BCUT2D eigenvalue weighted by Gasteiger charge is 2.15. The van der Waals surface area contributed by atoms with Crippen molar-refractivity contribution in [3.8, 4) is 0 Å². The van der Waals surface area contributed by atoms with E-state index in [4.69, 9.17) is 9.52 Å². The lowest BCUT2D eigenvalue weighted by atomic mass is 10.1. The van der Waals surface area contributed by atoms with Crippen LogP contribution in [0.3, 0.4) is 0 Å². The molecule has 1 aromatic rings. The third-order valence-corrected chi connectivity index (χ3v) is 2.14. The Kier molecular flexibility index (Phi) is 3.91. The average molecular weight is 211 g/mol. The summed E-state index contributed by atoms with van der Waals surface area (Å²) in [5.74, 6) is 0.109. The molecule has 2 atom stereocenters. The molecule has 0 aliphatic carbocycles. The first-order valence-electron chi connectivity index (χ1n) is 5.03. The summed E-state index contributed by atoms with van der Waals surface area (Å²) in [6, 6.07) is 1.68. The fourth-order valence-corrected chi connectivity index (χ4v) is 1.47. The smallest absolute Gasteiger partial charge is 0.287 e. The summed E-state index contributed by atoms with van der Waals surface area (Å²) in [6.45, 7) is 5.36. The van der Waals surface area contributed by atoms with Crippen LogP contribution in [0.25, 0.3) is 0 Å². The van der Waals surface area contributed by atoms with E-state index in [1.807, 2.05) is 13.8 Å². The Morgan fingerprint density at radius 1 is 1.60 bits per heavy atom. The molecule has 0 fully saturated rings. The van der Waals surface area contributed by atoms with E-state index in [0.29, 0.717) is 12.2 Å². The van der Waals surface area contributed by atoms with Crippen LogP contribution in [0.5, 0.6) is 0 Å². The highest BCUT2D eigenvalue weighted by molar-refractivity contribution is 5.92. The summed E-state index contributed by atoms with van der Waals surface area (Å²) >= 11 is 0. The molecule has 84 valence electrons. The number of amides is 1. The zero-order chi connectivity index (χ0) is 11.4. The highest BCUT2D eigenvalue weighted by atomic mass is 16.3. The topological polar surface area (TPSA) is 62.5 Å². The van der Waals surface area contributed by atoms with Gasteiger partial charge in [-0.1, -0.05) is 0 Å². The number of hydrogen-bond acceptors (Lipinski definition) is 3. The number of carbonyl (C=O) groups is 1. The van der Waals surface area contributed by atoms with Crippen molar-refractivity contribution < 1.29 is 14.3 Å². The van der Waals surface area contributed by atoms with Crippen LogP contribution in [0.4, 0.5) is 0 Å². The standard InChI is InChI=1S/C11H17NO3/c1-7-4-5-15-10(7)11(14)12-8(2)6-9(3)13/h4-5,8-9,13H,6H2,1-3H3,(H,12,14). The van der Waals surface area contributed by atoms with Gasteiger partial charge in [-0.2, -0.15) is 0 Å². The molecule has 15 heavy (non-hydrogen) atoms. The van der Waals surface area contributed by atoms with Crippen LogP contribution >= 0.6 is 0 Å². The lowest BCUT2D eigenvalue weighted by molar-refractivity contribution is 0.0894. The number of aryl methyl sites for hydroxylation is 1. The first kappa shape index (κ1) is 11.8. The lowest BCUT2D eigenvalue weighted by Crippen LogP contribution is -2.34. The van der Waals surface area contributed by atoms with Gasteiger partial charge in [0.05, 0.1) is 12.4 Å². The molecule has 4 heteroatoms. The molecule has 0 aromatic carbocycles. The minimum Gasteiger partial charge on any atom is -0.459 e. The number of furan rings is 1. The van der Waals surface area contributed by atoms with Gasteiger partial charge in [0.15, 0.2) is 5.76 Å². The predicted octanol–water partition coefficient (Wildman–Crippen LogP) is 1.48. The highest BCUT2D eigenvalue weighted by Crippen LogP contribution is 2.09. The number of rotatable bonds is 4. The molecular weight excluding hydrogens is 194 g/mol. The maximum Gasteiger partial charge on any atom is 0.287 e. The van der Waals surface area contributed by atoms with Crippen LogP contribution in [0, 0.1) is 6.92 Å². The Morgan fingerprint density at radius 2 is 2.27 bits per heavy atom. The van der Waals surface area contributed by atoms with Crippen LogP contribution in [0.1, 0.15) is 36.4 Å². The second-order valence-corrected chi connectivity index (χ2v) is 3.89. The maximum absolute atomic E-state index is 11.6. The summed E-state index contributed by atoms with van der Waals surface area (Å²) in [4.78, 5) is 11.6. The van der Waals surface area contributed by atoms with Crippen molar-refractivity contribution in [3.63, 3.8) is 0 Å². The van der Waals surface area contributed by atoms with Crippen LogP contribution in [-0.2, 0) is 0 Å². The van der Waals surface area contributed by atoms with E-state index in [0.717, 1.165) is 5.56 Å². The largest absolute Gasteiger partial charge is 0.459 e. The van der Waals surface area contributed by atoms with Gasteiger partial charge in [0.1, 0.15) is 0 Å². The predicted molar refractivity (Wildman–Crippen MR) is 56.7 cm³/mol. The fraction of sp³-hybridized carbons (Fsp3) is 0.545. The minimum absolute atomic E-state index is 0.0676. The van der Waals surface area contributed by atoms with Crippen molar-refractivity contribution in [2.24, 2.45) is 0 Å². The summed E-state index contributed by atoms with van der Waals surface area (Å²) < 4.78 is 5.06. The van der Waals surface area contributed by atoms with Gasteiger partial charge in [-0.05, 0) is 33.3 Å². The van der Waals surface area contributed by atoms with E-state index < -0.39 is 6.10 Å². The second-order valence-electron chi connectivity index (χ2n) is 3.89. The third kappa shape index (κ3) is 3.40. The summed E-state index contributed by atoms with van der Waals surface area (Å²) in [7, 11) is 0. The molecule has 4 nitrogen and oxygen atoms in total. The Bertz CT molecular complexity index is 330. The number of nitrogens with one attached hydrogen (secondary N) is 1. The SMILES string of the molecule is Cc1ccoc1C(=O)NC(C)CC(C)O. The molecule has 0 radical (unpaired) electrons. The number of aliphatic hydroxyl groups excluding tert-OH is 1. The van der Waals surface area contributed by atoms with Crippen molar-refractivity contribution in [1.82, 2.24) is 5.32 Å². The molecule has 0 bridgehead atoms. The third-order valence-electron chi connectivity index (χ3n) is 2.14. The lowest BCUT2D eigenvalue weighted by Gasteiger charge is -2.14. The van der Waals surface area contributed by atoms with Crippen LogP contribution in [-0.4, -0.2) is 23.2 Å². The molecule has 1 rings (SSSR count). The molecule has 2 unspecified atom stereocenters. The monoisotopic (exact) mass is 211 g/mol. The zero-order valence-corrected chi connectivity index (χ0v) is 9.28. The molecule has 0 aliphatic rings. The quantitative estimate of drug-likeness (QED) is 0.792. The van der Waals surface area contributed by atoms with Gasteiger partial charge >= 0.3 is 0 Å². The number of hydrogen-bond donors (Lipinski definition) is 2. The molecule has 1 amide bonds. The van der Waals surface area contributed by atoms with Gasteiger partial charge < -0.3 is 14.8 Å². The van der Waals surface area contributed by atoms with E-state index in [2.05, 4.69) is 5.32 Å². The van der Waals surface area contributed by atoms with E-state index in [1.165, 1.54) is 6.26 Å². The molecule has 1 aromatic heterocycles.